The summed E-state index contributed by atoms with van der Waals surface area (Å²) >= 11 is 0. The number of carbonyl (C=O) groups excluding carboxylic acids is 1. The Morgan fingerprint density at radius 3 is 2.62 bits per heavy atom. The molecule has 3 nitrogen and oxygen atoms in total. The van der Waals surface area contributed by atoms with E-state index in [-0.39, 0.29) is 5.92 Å². The average Bonchev–Trinajstić information content (AvgIpc) is 3.35. The molecule has 108 valence electrons. The fraction of sp³-hybridized carbons (Fsp3) is 0.389. The molecule has 2 aliphatic rings. The van der Waals surface area contributed by atoms with Gasteiger partial charge >= 0.3 is 0 Å². The summed E-state index contributed by atoms with van der Waals surface area (Å²) in [7, 11) is 0. The van der Waals surface area contributed by atoms with Crippen LogP contribution in [0.3, 0.4) is 0 Å². The Hall–Kier alpha value is -1.87. The Labute approximate surface area is 124 Å². The summed E-state index contributed by atoms with van der Waals surface area (Å²) in [6.07, 6.45) is 1.01. The van der Waals surface area contributed by atoms with Gasteiger partial charge < -0.3 is 10.2 Å². The van der Waals surface area contributed by atoms with Gasteiger partial charge in [-0.05, 0) is 28.7 Å². The molecule has 4 rings (SSSR count). The van der Waals surface area contributed by atoms with E-state index in [4.69, 9.17) is 0 Å². The molecule has 1 amide bonds. The van der Waals surface area contributed by atoms with Crippen molar-refractivity contribution in [1.82, 2.24) is 10.2 Å². The molecule has 1 heterocycles. The summed E-state index contributed by atoms with van der Waals surface area (Å²) in [4.78, 5) is 14.5. The largest absolute Gasteiger partial charge is 0.340 e. The first-order valence-corrected chi connectivity index (χ1v) is 7.81. The molecule has 1 N–H and O–H groups in total. The van der Waals surface area contributed by atoms with Crippen LogP contribution in [0.5, 0.6) is 0 Å². The van der Waals surface area contributed by atoms with Crippen molar-refractivity contribution in [2.75, 3.05) is 26.2 Å². The summed E-state index contributed by atoms with van der Waals surface area (Å²) in [6, 6.07) is 15.0. The van der Waals surface area contributed by atoms with E-state index in [0.29, 0.717) is 11.8 Å². The van der Waals surface area contributed by atoms with Gasteiger partial charge in [-0.2, -0.15) is 0 Å². The van der Waals surface area contributed by atoms with Gasteiger partial charge in [0.2, 0.25) is 5.91 Å². The lowest BCUT2D eigenvalue weighted by atomic mass is 10.0. The van der Waals surface area contributed by atoms with Gasteiger partial charge in [-0.1, -0.05) is 42.5 Å². The first kappa shape index (κ1) is 12.8. The molecule has 1 saturated carbocycles. The Balaban J connectivity index is 1.51. The van der Waals surface area contributed by atoms with Gasteiger partial charge in [-0.25, -0.2) is 0 Å². The fourth-order valence-electron chi connectivity index (χ4n) is 3.39. The van der Waals surface area contributed by atoms with Crippen molar-refractivity contribution >= 4 is 16.7 Å². The third kappa shape index (κ3) is 2.42. The van der Waals surface area contributed by atoms with E-state index in [1.807, 2.05) is 4.90 Å². The molecular formula is C18H20N2O. The van der Waals surface area contributed by atoms with Crippen LogP contribution in [-0.2, 0) is 4.79 Å². The van der Waals surface area contributed by atoms with Gasteiger partial charge in [-0.15, -0.1) is 0 Å². The molecule has 2 aromatic carbocycles. The van der Waals surface area contributed by atoms with Gasteiger partial charge in [0.25, 0.3) is 0 Å². The number of hydrogen-bond acceptors (Lipinski definition) is 2. The van der Waals surface area contributed by atoms with Crippen molar-refractivity contribution in [1.29, 1.82) is 0 Å². The second-order valence-electron chi connectivity index (χ2n) is 6.13. The monoisotopic (exact) mass is 280 g/mol. The van der Waals surface area contributed by atoms with Crippen LogP contribution in [0.25, 0.3) is 10.8 Å². The van der Waals surface area contributed by atoms with E-state index in [1.54, 1.807) is 0 Å². The Bertz CT molecular complexity index is 676. The van der Waals surface area contributed by atoms with Crippen molar-refractivity contribution in [3.63, 3.8) is 0 Å². The molecule has 0 radical (unpaired) electrons. The van der Waals surface area contributed by atoms with Gasteiger partial charge in [0, 0.05) is 32.1 Å². The van der Waals surface area contributed by atoms with Gasteiger partial charge in [0.1, 0.15) is 0 Å². The zero-order valence-electron chi connectivity index (χ0n) is 12.1. The highest BCUT2D eigenvalue weighted by Crippen LogP contribution is 2.49. The molecule has 2 atom stereocenters. The van der Waals surface area contributed by atoms with Crippen LogP contribution in [0.4, 0.5) is 0 Å². The zero-order valence-corrected chi connectivity index (χ0v) is 12.1. The topological polar surface area (TPSA) is 32.3 Å². The number of benzene rings is 2. The molecule has 0 spiro atoms. The number of fused-ring (bicyclic) bond motifs is 1. The molecule has 2 fully saturated rings. The molecule has 1 aliphatic heterocycles. The highest BCUT2D eigenvalue weighted by atomic mass is 16.2. The van der Waals surface area contributed by atoms with Crippen molar-refractivity contribution < 1.29 is 4.79 Å². The van der Waals surface area contributed by atoms with Crippen molar-refractivity contribution in [2.45, 2.75) is 12.3 Å². The van der Waals surface area contributed by atoms with Crippen molar-refractivity contribution in [3.05, 3.63) is 48.0 Å². The summed E-state index contributed by atoms with van der Waals surface area (Å²) < 4.78 is 0. The molecule has 0 aromatic heterocycles. The van der Waals surface area contributed by atoms with Crippen LogP contribution in [0, 0.1) is 5.92 Å². The minimum Gasteiger partial charge on any atom is -0.340 e. The number of nitrogens with one attached hydrogen (secondary N) is 1. The Morgan fingerprint density at radius 1 is 1.05 bits per heavy atom. The number of rotatable bonds is 2. The standard InChI is InChI=1S/C18H20N2O/c21-18(20-9-7-19-8-10-20)17-12-16(17)15-6-5-13-3-1-2-4-14(13)11-15/h1-6,11,16-17,19H,7-10,12H2. The number of carbonyl (C=O) groups is 1. The van der Waals surface area contributed by atoms with E-state index in [1.165, 1.54) is 16.3 Å². The molecule has 1 aliphatic carbocycles. The predicted octanol–water partition coefficient (Wildman–Crippen LogP) is 2.38. The van der Waals surface area contributed by atoms with Crippen molar-refractivity contribution in [2.24, 2.45) is 5.92 Å². The maximum Gasteiger partial charge on any atom is 0.226 e. The SMILES string of the molecule is O=C(C1CC1c1ccc2ccccc2c1)N1CCNCC1. The third-order valence-corrected chi connectivity index (χ3v) is 4.74. The van der Waals surface area contributed by atoms with E-state index in [0.717, 1.165) is 32.6 Å². The summed E-state index contributed by atoms with van der Waals surface area (Å²) in [5.41, 5.74) is 1.32. The third-order valence-electron chi connectivity index (χ3n) is 4.74. The minimum absolute atomic E-state index is 0.212. The lowest BCUT2D eigenvalue weighted by molar-refractivity contribution is -0.133. The van der Waals surface area contributed by atoms with Crippen LogP contribution in [0.15, 0.2) is 42.5 Å². The average molecular weight is 280 g/mol. The van der Waals surface area contributed by atoms with E-state index < -0.39 is 0 Å². The lowest BCUT2D eigenvalue weighted by Crippen LogP contribution is -2.47. The first-order valence-electron chi connectivity index (χ1n) is 7.81. The van der Waals surface area contributed by atoms with E-state index in [9.17, 15) is 4.79 Å². The maximum absolute atomic E-state index is 12.5. The minimum atomic E-state index is 0.212. The molecule has 3 heteroatoms. The summed E-state index contributed by atoms with van der Waals surface area (Å²) in [5, 5.41) is 5.84. The molecule has 1 saturated heterocycles. The van der Waals surface area contributed by atoms with Crippen LogP contribution < -0.4 is 5.32 Å². The number of amides is 1. The highest BCUT2D eigenvalue weighted by Gasteiger charge is 2.45. The number of piperazine rings is 1. The highest BCUT2D eigenvalue weighted by molar-refractivity contribution is 5.86. The predicted molar refractivity (Wildman–Crippen MR) is 84.2 cm³/mol. The normalized spacial score (nSPS) is 25.0. The zero-order chi connectivity index (χ0) is 14.2. The second kappa shape index (κ2) is 5.15. The quantitative estimate of drug-likeness (QED) is 0.916. The Kier molecular flexibility index (Phi) is 3.15. The van der Waals surface area contributed by atoms with Crippen LogP contribution in [0.1, 0.15) is 17.9 Å². The fourth-order valence-corrected chi connectivity index (χ4v) is 3.39. The molecule has 2 aromatic rings. The second-order valence-corrected chi connectivity index (χ2v) is 6.13. The summed E-state index contributed by atoms with van der Waals surface area (Å²) in [6.45, 7) is 3.58. The van der Waals surface area contributed by atoms with E-state index in [2.05, 4.69) is 47.8 Å². The van der Waals surface area contributed by atoms with Gasteiger partial charge in [-0.3, -0.25) is 4.79 Å². The van der Waals surface area contributed by atoms with Crippen LogP contribution in [-0.4, -0.2) is 37.0 Å². The van der Waals surface area contributed by atoms with Gasteiger partial charge in [0.15, 0.2) is 0 Å². The summed E-state index contributed by atoms with van der Waals surface area (Å²) in [5.74, 6) is 0.996. The van der Waals surface area contributed by atoms with Crippen LogP contribution in [0.2, 0.25) is 0 Å². The van der Waals surface area contributed by atoms with Crippen molar-refractivity contribution in [3.8, 4) is 0 Å². The Morgan fingerprint density at radius 2 is 1.81 bits per heavy atom. The molecular weight excluding hydrogens is 260 g/mol. The maximum atomic E-state index is 12.5. The first-order chi connectivity index (χ1) is 10.3. The number of hydrogen-bond donors (Lipinski definition) is 1. The molecule has 21 heavy (non-hydrogen) atoms. The van der Waals surface area contributed by atoms with Crippen LogP contribution >= 0.6 is 0 Å². The smallest absolute Gasteiger partial charge is 0.226 e. The lowest BCUT2D eigenvalue weighted by Gasteiger charge is -2.27. The van der Waals surface area contributed by atoms with E-state index >= 15 is 0 Å². The van der Waals surface area contributed by atoms with Gasteiger partial charge in [0.05, 0.1) is 0 Å². The molecule has 2 unspecified atom stereocenters. The molecule has 0 bridgehead atoms. The number of nitrogens with zero attached hydrogens (tertiary/aromatic N) is 1.